The molecule has 0 unspecified atom stereocenters. The highest BCUT2D eigenvalue weighted by atomic mass is 35.7. The molecular formula is C9H5ClF3NO2S. The zero-order valence-corrected chi connectivity index (χ0v) is 9.91. The van der Waals surface area contributed by atoms with Crippen molar-refractivity contribution in [2.45, 2.75) is 18.0 Å². The topological polar surface area (TPSA) is 57.9 Å². The molecule has 0 amide bonds. The van der Waals surface area contributed by atoms with E-state index in [9.17, 15) is 21.6 Å². The van der Waals surface area contributed by atoms with Crippen LogP contribution in [0.2, 0.25) is 0 Å². The number of aryl methyl sites for hydroxylation is 1. The summed E-state index contributed by atoms with van der Waals surface area (Å²) in [5, 5.41) is 8.68. The van der Waals surface area contributed by atoms with E-state index < -0.39 is 31.2 Å². The van der Waals surface area contributed by atoms with Gasteiger partial charge >= 0.3 is 6.18 Å². The smallest absolute Gasteiger partial charge is 0.207 e. The molecule has 0 spiro atoms. The first-order valence-corrected chi connectivity index (χ1v) is 6.45. The first kappa shape index (κ1) is 13.8. The molecule has 3 nitrogen and oxygen atoms in total. The van der Waals surface area contributed by atoms with Gasteiger partial charge in [0, 0.05) is 10.7 Å². The van der Waals surface area contributed by atoms with Gasteiger partial charge in [0.15, 0.2) is 0 Å². The molecule has 0 radical (unpaired) electrons. The zero-order valence-electron chi connectivity index (χ0n) is 8.34. The number of halogens is 4. The summed E-state index contributed by atoms with van der Waals surface area (Å²) >= 11 is 0. The Kier molecular flexibility index (Phi) is 3.41. The number of hydrogen-bond donors (Lipinski definition) is 0. The van der Waals surface area contributed by atoms with Gasteiger partial charge in [0.2, 0.25) is 0 Å². The first-order chi connectivity index (χ1) is 7.59. The third-order valence-electron chi connectivity index (χ3n) is 2.03. The molecule has 0 aliphatic rings. The van der Waals surface area contributed by atoms with E-state index in [0.29, 0.717) is 0 Å². The van der Waals surface area contributed by atoms with E-state index in [1.165, 1.54) is 6.07 Å². The molecule has 17 heavy (non-hydrogen) atoms. The third kappa shape index (κ3) is 2.70. The lowest BCUT2D eigenvalue weighted by Crippen LogP contribution is -2.13. The molecule has 8 heteroatoms. The van der Waals surface area contributed by atoms with Gasteiger partial charge < -0.3 is 0 Å². The summed E-state index contributed by atoms with van der Waals surface area (Å²) in [6.07, 6.45) is -4.81. The zero-order chi connectivity index (χ0) is 13.4. The fraction of sp³-hybridized carbons (Fsp3) is 0.222. The molecule has 0 atom stereocenters. The number of alkyl halides is 3. The quantitative estimate of drug-likeness (QED) is 0.745. The predicted octanol–water partition coefficient (Wildman–Crippen LogP) is 2.81. The molecule has 1 aromatic rings. The van der Waals surface area contributed by atoms with Crippen molar-refractivity contribution >= 4 is 19.7 Å². The van der Waals surface area contributed by atoms with Crippen LogP contribution in [0.5, 0.6) is 0 Å². The number of rotatable bonds is 1. The van der Waals surface area contributed by atoms with Gasteiger partial charge in [0.05, 0.1) is 11.1 Å². The normalized spacial score (nSPS) is 12.2. The minimum atomic E-state index is -4.81. The molecule has 0 saturated heterocycles. The second-order valence-corrected chi connectivity index (χ2v) is 5.71. The van der Waals surface area contributed by atoms with Gasteiger partial charge in [0.25, 0.3) is 9.05 Å². The van der Waals surface area contributed by atoms with Gasteiger partial charge in [-0.15, -0.1) is 0 Å². The molecule has 1 aromatic carbocycles. The van der Waals surface area contributed by atoms with Gasteiger partial charge in [0.1, 0.15) is 11.0 Å². The molecule has 0 aromatic heterocycles. The minimum Gasteiger partial charge on any atom is -0.207 e. The van der Waals surface area contributed by atoms with Gasteiger partial charge in [-0.2, -0.15) is 18.4 Å². The SMILES string of the molecule is Cc1ccc(S(=O)(=O)Cl)c(C#N)c1C(F)(F)F. The van der Waals surface area contributed by atoms with Crippen LogP contribution in [0, 0.1) is 18.3 Å². The molecule has 0 aliphatic heterocycles. The van der Waals surface area contributed by atoms with Crippen molar-refractivity contribution in [3.63, 3.8) is 0 Å². The van der Waals surface area contributed by atoms with Crippen LogP contribution in [0.25, 0.3) is 0 Å². The minimum absolute atomic E-state index is 0.238. The van der Waals surface area contributed by atoms with Crippen molar-refractivity contribution in [3.05, 3.63) is 28.8 Å². The number of benzene rings is 1. The lowest BCUT2D eigenvalue weighted by atomic mass is 10.0. The Morgan fingerprint density at radius 1 is 1.35 bits per heavy atom. The van der Waals surface area contributed by atoms with Crippen LogP contribution in [0.3, 0.4) is 0 Å². The number of hydrogen-bond acceptors (Lipinski definition) is 3. The van der Waals surface area contributed by atoms with E-state index in [4.69, 9.17) is 15.9 Å². The second kappa shape index (κ2) is 4.20. The Morgan fingerprint density at radius 2 is 1.88 bits per heavy atom. The maximum atomic E-state index is 12.7. The van der Waals surface area contributed by atoms with Gasteiger partial charge in [-0.25, -0.2) is 8.42 Å². The van der Waals surface area contributed by atoms with Crippen LogP contribution < -0.4 is 0 Å². The Hall–Kier alpha value is -1.26. The van der Waals surface area contributed by atoms with Crippen LogP contribution >= 0.6 is 10.7 Å². The standard InChI is InChI=1S/C9H5ClF3NO2S/c1-5-2-3-7(17(10,15)16)6(4-14)8(5)9(11,12)13/h2-3H,1H3. The van der Waals surface area contributed by atoms with Crippen LogP contribution in [0.15, 0.2) is 17.0 Å². The van der Waals surface area contributed by atoms with E-state index in [1.54, 1.807) is 0 Å². The van der Waals surface area contributed by atoms with Crippen molar-refractivity contribution in [2.75, 3.05) is 0 Å². The Bertz CT molecular complexity index is 602. The van der Waals surface area contributed by atoms with Gasteiger partial charge in [-0.3, -0.25) is 0 Å². The molecule has 0 fully saturated rings. The van der Waals surface area contributed by atoms with Crippen molar-refractivity contribution in [3.8, 4) is 6.07 Å². The highest BCUT2D eigenvalue weighted by Crippen LogP contribution is 2.37. The fourth-order valence-corrected chi connectivity index (χ4v) is 2.38. The van der Waals surface area contributed by atoms with Crippen LogP contribution in [-0.2, 0) is 15.2 Å². The van der Waals surface area contributed by atoms with Gasteiger partial charge in [-0.05, 0) is 18.6 Å². The van der Waals surface area contributed by atoms with E-state index >= 15 is 0 Å². The van der Waals surface area contributed by atoms with E-state index in [2.05, 4.69) is 0 Å². The van der Waals surface area contributed by atoms with E-state index in [0.717, 1.165) is 19.1 Å². The van der Waals surface area contributed by atoms with Crippen LogP contribution in [0.4, 0.5) is 13.2 Å². The molecule has 0 saturated carbocycles. The van der Waals surface area contributed by atoms with Crippen molar-refractivity contribution in [1.29, 1.82) is 5.26 Å². The summed E-state index contributed by atoms with van der Waals surface area (Å²) < 4.78 is 60.1. The molecule has 0 aliphatic carbocycles. The van der Waals surface area contributed by atoms with Crippen molar-refractivity contribution in [1.82, 2.24) is 0 Å². The summed E-state index contributed by atoms with van der Waals surface area (Å²) in [6, 6.07) is 3.07. The predicted molar refractivity (Wildman–Crippen MR) is 53.9 cm³/mol. The van der Waals surface area contributed by atoms with Crippen molar-refractivity contribution in [2.24, 2.45) is 0 Å². The van der Waals surface area contributed by atoms with Crippen molar-refractivity contribution < 1.29 is 21.6 Å². The maximum Gasteiger partial charge on any atom is 0.417 e. The molecule has 0 N–H and O–H groups in total. The van der Waals surface area contributed by atoms with Crippen LogP contribution in [0.1, 0.15) is 16.7 Å². The highest BCUT2D eigenvalue weighted by Gasteiger charge is 2.37. The summed E-state index contributed by atoms with van der Waals surface area (Å²) in [4.78, 5) is -0.834. The summed E-state index contributed by atoms with van der Waals surface area (Å²) in [7, 11) is 0.575. The maximum absolute atomic E-state index is 12.7. The Morgan fingerprint density at radius 3 is 2.24 bits per heavy atom. The molecule has 0 heterocycles. The van der Waals surface area contributed by atoms with E-state index in [1.807, 2.05) is 0 Å². The monoisotopic (exact) mass is 283 g/mol. The third-order valence-corrected chi connectivity index (χ3v) is 3.40. The summed E-state index contributed by atoms with van der Waals surface area (Å²) in [6.45, 7) is 1.13. The van der Waals surface area contributed by atoms with Crippen LogP contribution in [-0.4, -0.2) is 8.42 Å². The second-order valence-electron chi connectivity index (χ2n) is 3.18. The lowest BCUT2D eigenvalue weighted by Gasteiger charge is -2.13. The Labute approximate surface area is 99.8 Å². The van der Waals surface area contributed by atoms with E-state index in [-0.39, 0.29) is 5.56 Å². The molecule has 0 bridgehead atoms. The van der Waals surface area contributed by atoms with Gasteiger partial charge in [-0.1, -0.05) is 6.07 Å². The lowest BCUT2D eigenvalue weighted by molar-refractivity contribution is -0.138. The summed E-state index contributed by atoms with van der Waals surface area (Å²) in [5.41, 5.74) is -2.49. The summed E-state index contributed by atoms with van der Waals surface area (Å²) in [5.74, 6) is 0. The number of nitrogens with zero attached hydrogens (tertiary/aromatic N) is 1. The Balaban J connectivity index is 3.80. The first-order valence-electron chi connectivity index (χ1n) is 4.14. The molecule has 1 rings (SSSR count). The molecule has 92 valence electrons. The fourth-order valence-electron chi connectivity index (χ4n) is 1.37. The average Bonchev–Trinajstić information content (AvgIpc) is 2.12. The number of nitriles is 1. The highest BCUT2D eigenvalue weighted by molar-refractivity contribution is 8.13. The average molecular weight is 284 g/mol. The largest absolute Gasteiger partial charge is 0.417 e. The molecular weight excluding hydrogens is 279 g/mol.